The summed E-state index contributed by atoms with van der Waals surface area (Å²) in [5, 5.41) is 2.54. The molecule has 2 aliphatic heterocycles. The number of carbonyl (C=O) groups excluding carboxylic acids is 1. The van der Waals surface area contributed by atoms with Gasteiger partial charge >= 0.3 is 0 Å². The molecule has 1 amide bonds. The second-order valence-electron chi connectivity index (χ2n) is 6.90. The molecular formula is C16H22FN3O5S2. The van der Waals surface area contributed by atoms with Gasteiger partial charge in [-0.3, -0.25) is 4.79 Å². The molecule has 11 heteroatoms. The maximum Gasteiger partial charge on any atom is 0.245 e. The average molecular weight is 420 g/mol. The molecule has 2 aliphatic rings. The van der Waals surface area contributed by atoms with Gasteiger partial charge in [0.15, 0.2) is 0 Å². The number of aryl methyl sites for hydroxylation is 1. The van der Waals surface area contributed by atoms with Crippen LogP contribution in [-0.4, -0.2) is 63.8 Å². The van der Waals surface area contributed by atoms with Crippen LogP contribution in [0.3, 0.4) is 0 Å². The third-order valence-corrected chi connectivity index (χ3v) is 8.39. The summed E-state index contributed by atoms with van der Waals surface area (Å²) in [7, 11) is -5.93. The van der Waals surface area contributed by atoms with Gasteiger partial charge in [-0.05, 0) is 37.0 Å². The Morgan fingerprint density at radius 1 is 1.15 bits per heavy atom. The number of carbonyl (C=O) groups is 1. The van der Waals surface area contributed by atoms with E-state index in [1.165, 1.54) is 21.7 Å². The fourth-order valence-corrected chi connectivity index (χ4v) is 5.75. The van der Waals surface area contributed by atoms with Crippen molar-refractivity contribution in [3.63, 3.8) is 0 Å². The molecule has 1 aromatic rings. The minimum absolute atomic E-state index is 0.111. The summed E-state index contributed by atoms with van der Waals surface area (Å²) >= 11 is 0. The topological polar surface area (TPSA) is 104 Å². The van der Waals surface area contributed by atoms with Crippen molar-refractivity contribution in [3.8, 4) is 0 Å². The van der Waals surface area contributed by atoms with Crippen LogP contribution in [0.1, 0.15) is 24.8 Å². The molecule has 0 spiro atoms. The van der Waals surface area contributed by atoms with Crippen LogP contribution in [0.5, 0.6) is 0 Å². The van der Waals surface area contributed by atoms with E-state index in [0.717, 1.165) is 12.3 Å². The van der Waals surface area contributed by atoms with Crippen molar-refractivity contribution in [2.24, 2.45) is 0 Å². The number of sulfonamides is 2. The van der Waals surface area contributed by atoms with E-state index < -0.39 is 30.8 Å². The van der Waals surface area contributed by atoms with Crippen LogP contribution in [0.25, 0.3) is 0 Å². The minimum atomic E-state index is -4.05. The van der Waals surface area contributed by atoms with Crippen LogP contribution in [-0.2, 0) is 31.3 Å². The molecule has 150 valence electrons. The lowest BCUT2D eigenvalue weighted by Crippen LogP contribution is -2.47. The van der Waals surface area contributed by atoms with Gasteiger partial charge in [0.05, 0.1) is 6.26 Å². The highest BCUT2D eigenvalue weighted by molar-refractivity contribution is 7.89. The maximum absolute atomic E-state index is 14.5. The lowest BCUT2D eigenvalue weighted by atomic mass is 10.0. The first kappa shape index (κ1) is 20.2. The summed E-state index contributed by atoms with van der Waals surface area (Å²) in [4.78, 5) is 11.0. The van der Waals surface area contributed by atoms with Gasteiger partial charge in [-0.2, -0.15) is 4.31 Å². The highest BCUT2D eigenvalue weighted by Gasteiger charge is 2.35. The van der Waals surface area contributed by atoms with Crippen molar-refractivity contribution in [1.82, 2.24) is 8.61 Å². The standard InChI is InChI=1S/C16H22FN3O5S2/c1-19(26(2,22)23)12-5-7-20(8-6-12)27(24,25)15-9-11-3-4-16(21)18-14(11)10-13(15)17/h9-10,12H,3-8H2,1-2H3,(H,18,21). The van der Waals surface area contributed by atoms with Gasteiger partial charge in [0.25, 0.3) is 0 Å². The molecule has 3 rings (SSSR count). The number of piperidine rings is 1. The zero-order chi connectivity index (χ0) is 20.0. The van der Waals surface area contributed by atoms with E-state index in [1.54, 1.807) is 0 Å². The summed E-state index contributed by atoms with van der Waals surface area (Å²) in [6.07, 6.45) is 2.36. The van der Waals surface area contributed by atoms with E-state index in [1.807, 2.05) is 0 Å². The van der Waals surface area contributed by atoms with Crippen LogP contribution >= 0.6 is 0 Å². The van der Waals surface area contributed by atoms with Crippen molar-refractivity contribution in [1.29, 1.82) is 0 Å². The average Bonchev–Trinajstić information content (AvgIpc) is 2.59. The Kier molecular flexibility index (Phi) is 5.32. The summed E-state index contributed by atoms with van der Waals surface area (Å²) < 4.78 is 66.0. The van der Waals surface area contributed by atoms with Gasteiger partial charge in [0.2, 0.25) is 26.0 Å². The molecule has 0 radical (unpaired) electrons. The van der Waals surface area contributed by atoms with Crippen LogP contribution < -0.4 is 5.32 Å². The molecule has 27 heavy (non-hydrogen) atoms. The largest absolute Gasteiger partial charge is 0.326 e. The number of amides is 1. The fraction of sp³-hybridized carbons (Fsp3) is 0.562. The number of rotatable bonds is 4. The zero-order valence-corrected chi connectivity index (χ0v) is 16.7. The monoisotopic (exact) mass is 419 g/mol. The van der Waals surface area contributed by atoms with E-state index in [-0.39, 0.29) is 31.5 Å². The van der Waals surface area contributed by atoms with E-state index >= 15 is 0 Å². The highest BCUT2D eigenvalue weighted by Crippen LogP contribution is 2.31. The summed E-state index contributed by atoms with van der Waals surface area (Å²) in [6.45, 7) is 0.222. The number of benzene rings is 1. The lowest BCUT2D eigenvalue weighted by molar-refractivity contribution is -0.116. The normalized spacial score (nSPS) is 19.8. The van der Waals surface area contributed by atoms with Gasteiger partial charge in [-0.15, -0.1) is 0 Å². The molecule has 0 atom stereocenters. The third kappa shape index (κ3) is 4.00. The maximum atomic E-state index is 14.5. The van der Waals surface area contributed by atoms with E-state index in [4.69, 9.17) is 0 Å². The number of fused-ring (bicyclic) bond motifs is 1. The van der Waals surface area contributed by atoms with Gasteiger partial charge < -0.3 is 5.32 Å². The first-order chi connectivity index (χ1) is 12.5. The quantitative estimate of drug-likeness (QED) is 0.776. The first-order valence-corrected chi connectivity index (χ1v) is 11.8. The van der Waals surface area contributed by atoms with Crippen molar-refractivity contribution < 1.29 is 26.0 Å². The predicted octanol–water partition coefficient (Wildman–Crippen LogP) is 0.755. The van der Waals surface area contributed by atoms with Gasteiger partial charge in [0, 0.05) is 38.3 Å². The summed E-state index contributed by atoms with van der Waals surface area (Å²) in [5.41, 5.74) is 0.887. The lowest BCUT2D eigenvalue weighted by Gasteiger charge is -2.35. The van der Waals surface area contributed by atoms with E-state index in [0.29, 0.717) is 30.5 Å². The Balaban J connectivity index is 1.81. The molecule has 0 saturated carbocycles. The number of nitrogens with one attached hydrogen (secondary N) is 1. The van der Waals surface area contributed by atoms with Crippen LogP contribution in [0.2, 0.25) is 0 Å². The Morgan fingerprint density at radius 2 is 1.78 bits per heavy atom. The Labute approximate surface area is 158 Å². The molecule has 2 heterocycles. The fourth-order valence-electron chi connectivity index (χ4n) is 3.43. The Hall–Kier alpha value is -1.56. The van der Waals surface area contributed by atoms with Gasteiger partial charge in [-0.25, -0.2) is 25.5 Å². The first-order valence-electron chi connectivity index (χ1n) is 8.55. The van der Waals surface area contributed by atoms with Crippen LogP contribution in [0.4, 0.5) is 10.1 Å². The number of anilines is 1. The SMILES string of the molecule is CN(C1CCN(S(=O)(=O)c2cc3c(cc2F)NC(=O)CC3)CC1)S(C)(=O)=O. The molecule has 8 nitrogen and oxygen atoms in total. The molecule has 0 aromatic heterocycles. The molecule has 1 aromatic carbocycles. The number of nitrogens with zero attached hydrogens (tertiary/aromatic N) is 2. The number of hydrogen-bond acceptors (Lipinski definition) is 5. The minimum Gasteiger partial charge on any atom is -0.326 e. The van der Waals surface area contributed by atoms with Crippen molar-refractivity contribution in [2.75, 3.05) is 31.7 Å². The molecule has 1 fully saturated rings. The van der Waals surface area contributed by atoms with Crippen molar-refractivity contribution in [2.45, 2.75) is 36.6 Å². The van der Waals surface area contributed by atoms with Crippen molar-refractivity contribution >= 4 is 31.6 Å². The smallest absolute Gasteiger partial charge is 0.245 e. The van der Waals surface area contributed by atoms with Crippen molar-refractivity contribution in [3.05, 3.63) is 23.5 Å². The van der Waals surface area contributed by atoms with Gasteiger partial charge in [-0.1, -0.05) is 0 Å². The molecule has 0 bridgehead atoms. The van der Waals surface area contributed by atoms with Crippen LogP contribution in [0.15, 0.2) is 17.0 Å². The Bertz CT molecular complexity index is 970. The predicted molar refractivity (Wildman–Crippen MR) is 97.7 cm³/mol. The molecular weight excluding hydrogens is 397 g/mol. The molecule has 1 saturated heterocycles. The summed E-state index contributed by atoms with van der Waals surface area (Å²) in [6, 6.07) is 2.05. The van der Waals surface area contributed by atoms with Gasteiger partial charge in [0.1, 0.15) is 10.7 Å². The van der Waals surface area contributed by atoms with Crippen LogP contribution in [0, 0.1) is 5.82 Å². The molecule has 0 aliphatic carbocycles. The number of hydrogen-bond donors (Lipinski definition) is 1. The van der Waals surface area contributed by atoms with E-state index in [2.05, 4.69) is 5.32 Å². The highest BCUT2D eigenvalue weighted by atomic mass is 32.2. The number of halogens is 1. The summed E-state index contributed by atoms with van der Waals surface area (Å²) in [5.74, 6) is -1.14. The van der Waals surface area contributed by atoms with E-state index in [9.17, 15) is 26.0 Å². The molecule has 1 N–H and O–H groups in total. The Morgan fingerprint density at radius 3 is 2.37 bits per heavy atom. The zero-order valence-electron chi connectivity index (χ0n) is 15.1. The second-order valence-corrected chi connectivity index (χ2v) is 10.9. The molecule has 0 unspecified atom stereocenters. The second kappa shape index (κ2) is 7.12. The third-order valence-electron chi connectivity index (χ3n) is 5.13.